The number of nitrogens with zero attached hydrogens (tertiary/aromatic N) is 2. The van der Waals surface area contributed by atoms with E-state index in [1.165, 1.54) is 11.8 Å². The molecule has 8 heteroatoms. The predicted molar refractivity (Wildman–Crippen MR) is 98.3 cm³/mol. The zero-order valence-corrected chi connectivity index (χ0v) is 15.0. The molecule has 2 aliphatic heterocycles. The molecular weight excluding hydrogens is 342 g/mol. The number of hydrogen-bond donors (Lipinski definition) is 3. The molecule has 0 atom stereocenters. The first kappa shape index (κ1) is 17.0. The number of nitrogens with two attached hydrogens (primary N) is 2. The smallest absolute Gasteiger partial charge is 0.227 e. The molecule has 0 unspecified atom stereocenters. The Morgan fingerprint density at radius 2 is 2.25 bits per heavy atom. The first-order valence-corrected chi connectivity index (χ1v) is 9.60. The number of amides is 1. The van der Waals surface area contributed by atoms with Gasteiger partial charge in [-0.2, -0.15) is 5.26 Å². The highest BCUT2D eigenvalue weighted by Gasteiger charge is 2.48. The van der Waals surface area contributed by atoms with Crippen LogP contribution in [0.1, 0.15) is 32.6 Å². The minimum atomic E-state index is -0.434. The fourth-order valence-corrected chi connectivity index (χ4v) is 5.33. The van der Waals surface area contributed by atoms with Crippen molar-refractivity contribution in [1.82, 2.24) is 5.32 Å². The Morgan fingerprint density at radius 3 is 2.79 bits per heavy atom. The third-order valence-corrected chi connectivity index (χ3v) is 6.47. The highest BCUT2D eigenvalue weighted by Crippen LogP contribution is 2.55. The number of nitrogens with one attached hydrogen (secondary N) is 1. The van der Waals surface area contributed by atoms with Crippen LogP contribution in [-0.2, 0) is 4.79 Å². The number of nitriles is 1. The van der Waals surface area contributed by atoms with Gasteiger partial charge in [-0.3, -0.25) is 4.79 Å². The lowest BCUT2D eigenvalue weighted by Gasteiger charge is -2.36. The van der Waals surface area contributed by atoms with Crippen LogP contribution in [0, 0.1) is 16.7 Å². The number of aliphatic imine (C=N–C) groups is 1. The summed E-state index contributed by atoms with van der Waals surface area (Å²) in [5.74, 6) is 0.0874. The Morgan fingerprint density at radius 1 is 1.54 bits per heavy atom. The molecule has 0 aromatic carbocycles. The van der Waals surface area contributed by atoms with E-state index in [0.29, 0.717) is 16.4 Å². The van der Waals surface area contributed by atoms with Crippen molar-refractivity contribution in [2.24, 2.45) is 21.9 Å². The van der Waals surface area contributed by atoms with Gasteiger partial charge in [-0.05, 0) is 25.2 Å². The Hall–Kier alpha value is -1.85. The topological polar surface area (TPSA) is 117 Å². The van der Waals surface area contributed by atoms with Crippen molar-refractivity contribution >= 4 is 35.3 Å². The Balaban J connectivity index is 2.11. The van der Waals surface area contributed by atoms with Crippen LogP contribution in [0.3, 0.4) is 0 Å². The van der Waals surface area contributed by atoms with Gasteiger partial charge in [-0.15, -0.1) is 0 Å². The molecule has 1 amide bonds. The van der Waals surface area contributed by atoms with Gasteiger partial charge < -0.3 is 16.8 Å². The molecule has 24 heavy (non-hydrogen) atoms. The number of carbonyl (C=O) groups excluding carboxylic acids is 1. The number of primary amides is 1. The first-order chi connectivity index (χ1) is 11.5. The number of amidine groups is 1. The van der Waals surface area contributed by atoms with Crippen molar-refractivity contribution in [2.45, 2.75) is 32.6 Å². The average molecular weight is 361 g/mol. The minimum absolute atomic E-state index is 0.0902. The molecule has 0 radical (unpaired) electrons. The van der Waals surface area contributed by atoms with Crippen molar-refractivity contribution in [2.75, 3.05) is 5.75 Å². The second-order valence-electron chi connectivity index (χ2n) is 6.08. The first-order valence-electron chi connectivity index (χ1n) is 7.73. The van der Waals surface area contributed by atoms with Gasteiger partial charge in [0, 0.05) is 16.7 Å². The molecule has 3 rings (SSSR count). The van der Waals surface area contributed by atoms with E-state index in [1.807, 2.05) is 12.3 Å². The lowest BCUT2D eigenvalue weighted by Crippen LogP contribution is -2.37. The van der Waals surface area contributed by atoms with Gasteiger partial charge in [0.05, 0.1) is 22.4 Å². The maximum atomic E-state index is 11.1. The van der Waals surface area contributed by atoms with Gasteiger partial charge in [0.2, 0.25) is 5.91 Å². The van der Waals surface area contributed by atoms with Gasteiger partial charge in [0.25, 0.3) is 0 Å². The molecule has 5 N–H and O–H groups in total. The SMILES string of the molecule is CC1=CSC(=C2C(N)=NC(SCC(N)=O)=C(C#N)C23CCCC3)N1. The van der Waals surface area contributed by atoms with E-state index in [1.54, 1.807) is 11.8 Å². The Labute approximate surface area is 149 Å². The van der Waals surface area contributed by atoms with E-state index in [2.05, 4.69) is 16.4 Å². The summed E-state index contributed by atoms with van der Waals surface area (Å²) in [4.78, 5) is 15.6. The second-order valence-corrected chi connectivity index (χ2v) is 7.92. The van der Waals surface area contributed by atoms with Gasteiger partial charge >= 0.3 is 0 Å². The fourth-order valence-electron chi connectivity index (χ4n) is 3.51. The number of allylic oxidation sites excluding steroid dienone is 2. The van der Waals surface area contributed by atoms with Crippen LogP contribution in [0.4, 0.5) is 0 Å². The molecule has 0 bridgehead atoms. The standard InChI is InChI=1S/C16H19N5OS2/c1-9-7-23-15(20-9)12-13(19)21-14(24-8-11(18)22)10(6-17)16(12)4-2-3-5-16/h7,20H,2-5,8H2,1H3,(H2,18,22)(H2,19,21). The lowest BCUT2D eigenvalue weighted by atomic mass is 9.71. The van der Waals surface area contributed by atoms with Crippen molar-refractivity contribution in [1.29, 1.82) is 5.26 Å². The summed E-state index contributed by atoms with van der Waals surface area (Å²) >= 11 is 2.79. The van der Waals surface area contributed by atoms with Crippen molar-refractivity contribution < 1.29 is 4.79 Å². The van der Waals surface area contributed by atoms with E-state index in [0.717, 1.165) is 42.0 Å². The van der Waals surface area contributed by atoms with Crippen LogP contribution in [0.25, 0.3) is 0 Å². The molecule has 6 nitrogen and oxygen atoms in total. The molecule has 2 heterocycles. The van der Waals surface area contributed by atoms with E-state index >= 15 is 0 Å². The highest BCUT2D eigenvalue weighted by atomic mass is 32.2. The summed E-state index contributed by atoms with van der Waals surface area (Å²) in [6.45, 7) is 1.99. The van der Waals surface area contributed by atoms with Crippen LogP contribution < -0.4 is 16.8 Å². The van der Waals surface area contributed by atoms with Gasteiger partial charge in [0.1, 0.15) is 10.9 Å². The Bertz CT molecular complexity index is 751. The molecule has 0 saturated heterocycles. The zero-order valence-electron chi connectivity index (χ0n) is 13.4. The van der Waals surface area contributed by atoms with E-state index in [9.17, 15) is 10.1 Å². The zero-order chi connectivity index (χ0) is 17.3. The maximum Gasteiger partial charge on any atom is 0.227 e. The van der Waals surface area contributed by atoms with Crippen molar-refractivity contribution in [3.63, 3.8) is 0 Å². The summed E-state index contributed by atoms with van der Waals surface area (Å²) in [7, 11) is 0. The van der Waals surface area contributed by atoms with E-state index < -0.39 is 11.3 Å². The lowest BCUT2D eigenvalue weighted by molar-refractivity contribution is -0.115. The molecular formula is C16H19N5OS2. The predicted octanol–water partition coefficient (Wildman–Crippen LogP) is 2.28. The van der Waals surface area contributed by atoms with Crippen LogP contribution in [0.15, 0.2) is 37.3 Å². The Kier molecular flexibility index (Phi) is 4.65. The van der Waals surface area contributed by atoms with Gasteiger partial charge in [0.15, 0.2) is 0 Å². The second kappa shape index (κ2) is 6.57. The molecule has 0 aromatic rings. The molecule has 0 aromatic heterocycles. The monoisotopic (exact) mass is 361 g/mol. The van der Waals surface area contributed by atoms with E-state index in [4.69, 9.17) is 11.5 Å². The van der Waals surface area contributed by atoms with Crippen LogP contribution in [-0.4, -0.2) is 17.5 Å². The third-order valence-electron chi connectivity index (χ3n) is 4.46. The number of thioether (sulfide) groups is 2. The number of carbonyl (C=O) groups is 1. The summed E-state index contributed by atoms with van der Waals surface area (Å²) < 4.78 is 0. The third kappa shape index (κ3) is 2.82. The van der Waals surface area contributed by atoms with Crippen LogP contribution in [0.2, 0.25) is 0 Å². The van der Waals surface area contributed by atoms with Crippen LogP contribution in [0.5, 0.6) is 0 Å². The molecule has 126 valence electrons. The number of hydrogen-bond acceptors (Lipinski definition) is 7. The van der Waals surface area contributed by atoms with Crippen molar-refractivity contribution in [3.05, 3.63) is 32.3 Å². The van der Waals surface area contributed by atoms with Gasteiger partial charge in [-0.1, -0.05) is 36.4 Å². The van der Waals surface area contributed by atoms with E-state index in [-0.39, 0.29) is 5.75 Å². The summed E-state index contributed by atoms with van der Waals surface area (Å²) in [6.07, 6.45) is 3.82. The molecule has 1 saturated carbocycles. The van der Waals surface area contributed by atoms with Gasteiger partial charge in [-0.25, -0.2) is 4.99 Å². The largest absolute Gasteiger partial charge is 0.383 e. The van der Waals surface area contributed by atoms with Crippen molar-refractivity contribution in [3.8, 4) is 6.07 Å². The fraction of sp³-hybridized carbons (Fsp3) is 0.438. The quantitative estimate of drug-likeness (QED) is 0.710. The summed E-state index contributed by atoms with van der Waals surface area (Å²) in [6, 6.07) is 2.35. The number of rotatable bonds is 3. The molecule has 1 aliphatic carbocycles. The molecule has 1 spiro atoms. The summed E-state index contributed by atoms with van der Waals surface area (Å²) in [5.41, 5.74) is 13.8. The van der Waals surface area contributed by atoms with Crippen LogP contribution >= 0.6 is 23.5 Å². The minimum Gasteiger partial charge on any atom is -0.383 e. The highest BCUT2D eigenvalue weighted by molar-refractivity contribution is 8.06. The maximum absolute atomic E-state index is 11.1. The average Bonchev–Trinajstić information content (AvgIpc) is 3.15. The molecule has 3 aliphatic rings. The normalized spacial score (nSPS) is 25.3. The molecule has 1 fully saturated rings. The summed E-state index contributed by atoms with van der Waals surface area (Å²) in [5, 5.41) is 16.7.